The predicted molar refractivity (Wildman–Crippen MR) is 133 cm³/mol. The maximum atomic E-state index is 10.3. The second kappa shape index (κ2) is 7.61. The zero-order valence-corrected chi connectivity index (χ0v) is 21.6. The molecule has 8 atom stereocenters. The van der Waals surface area contributed by atoms with E-state index in [1.165, 1.54) is 31.3 Å². The predicted octanol–water partition coefficient (Wildman–Crippen LogP) is 8.11. The van der Waals surface area contributed by atoms with Crippen LogP contribution in [0.5, 0.6) is 0 Å². The molecule has 3 saturated carbocycles. The summed E-state index contributed by atoms with van der Waals surface area (Å²) < 4.78 is 0. The van der Waals surface area contributed by atoms with Crippen LogP contribution in [0.25, 0.3) is 0 Å². The molecule has 0 bridgehead atoms. The summed E-state index contributed by atoms with van der Waals surface area (Å²) in [7, 11) is 0. The first-order chi connectivity index (χ1) is 14.4. The van der Waals surface area contributed by atoms with Gasteiger partial charge in [-0.3, -0.25) is 0 Å². The van der Waals surface area contributed by atoms with Gasteiger partial charge in [0.15, 0.2) is 0 Å². The highest BCUT2D eigenvalue weighted by Gasteiger charge is 2.66. The van der Waals surface area contributed by atoms with Crippen molar-refractivity contribution in [3.8, 4) is 0 Å². The third-order valence-electron chi connectivity index (χ3n) is 11.6. The summed E-state index contributed by atoms with van der Waals surface area (Å²) in [5, 5.41) is 10.3. The minimum absolute atomic E-state index is 0.140. The summed E-state index contributed by atoms with van der Waals surface area (Å²) in [5.41, 5.74) is 4.38. The molecule has 4 rings (SSSR count). The van der Waals surface area contributed by atoms with E-state index in [9.17, 15) is 5.11 Å². The first-order valence-corrected chi connectivity index (χ1v) is 13.2. The van der Waals surface area contributed by atoms with Crippen molar-refractivity contribution in [1.29, 1.82) is 0 Å². The highest BCUT2D eigenvalue weighted by atomic mass is 16.3. The zero-order valence-electron chi connectivity index (χ0n) is 21.6. The van der Waals surface area contributed by atoms with E-state index < -0.39 is 0 Å². The summed E-state index contributed by atoms with van der Waals surface area (Å²) in [6.07, 6.45) is 18.1. The average molecular weight is 425 g/mol. The van der Waals surface area contributed by atoms with Crippen molar-refractivity contribution in [3.63, 3.8) is 0 Å². The standard InChI is InChI=1S/C30H48O/c1-20(2)21(3)9-10-22(4)25-14-16-29(7)26-12-11-23-19-24(31)13-15-27(23,5)30(26,8)18-17-28(25,29)6/h9-12,20-22,24-25,31H,13-19H2,1-8H3/b10-9+/t21-,22+,24?,25?,27?,28?,29-,30-/m0/s1. The Bertz CT molecular complexity index is 801. The smallest absolute Gasteiger partial charge is 0.0578 e. The van der Waals surface area contributed by atoms with Gasteiger partial charge < -0.3 is 5.11 Å². The lowest BCUT2D eigenvalue weighted by molar-refractivity contribution is -0.0482. The van der Waals surface area contributed by atoms with E-state index in [-0.39, 0.29) is 22.3 Å². The van der Waals surface area contributed by atoms with E-state index in [1.54, 1.807) is 5.57 Å². The molecule has 0 aromatic heterocycles. The van der Waals surface area contributed by atoms with Gasteiger partial charge in [-0.25, -0.2) is 0 Å². The Morgan fingerprint density at radius 2 is 1.52 bits per heavy atom. The molecule has 174 valence electrons. The monoisotopic (exact) mass is 424 g/mol. The van der Waals surface area contributed by atoms with Crippen LogP contribution in [-0.4, -0.2) is 11.2 Å². The van der Waals surface area contributed by atoms with Gasteiger partial charge >= 0.3 is 0 Å². The fraction of sp³-hybridized carbons (Fsp3) is 0.800. The molecule has 0 heterocycles. The van der Waals surface area contributed by atoms with Gasteiger partial charge in [0, 0.05) is 0 Å². The van der Waals surface area contributed by atoms with E-state index >= 15 is 0 Å². The third kappa shape index (κ3) is 3.19. The van der Waals surface area contributed by atoms with Gasteiger partial charge in [0.2, 0.25) is 0 Å². The van der Waals surface area contributed by atoms with Crippen LogP contribution in [0.2, 0.25) is 0 Å². The molecule has 0 amide bonds. The minimum Gasteiger partial charge on any atom is -0.393 e. The van der Waals surface area contributed by atoms with Crippen molar-refractivity contribution in [2.75, 3.05) is 0 Å². The fourth-order valence-corrected chi connectivity index (χ4v) is 8.37. The van der Waals surface area contributed by atoms with Crippen LogP contribution in [0.3, 0.4) is 0 Å². The second-order valence-electron chi connectivity index (χ2n) is 13.1. The van der Waals surface area contributed by atoms with Gasteiger partial charge in [-0.2, -0.15) is 0 Å². The van der Waals surface area contributed by atoms with Gasteiger partial charge in [-0.05, 0) is 90.3 Å². The van der Waals surface area contributed by atoms with Crippen LogP contribution < -0.4 is 0 Å². The van der Waals surface area contributed by atoms with Crippen LogP contribution in [0, 0.1) is 45.3 Å². The molecule has 1 heteroatoms. The first-order valence-electron chi connectivity index (χ1n) is 13.2. The number of aliphatic hydroxyl groups is 1. The first kappa shape index (κ1) is 23.3. The van der Waals surface area contributed by atoms with Crippen LogP contribution >= 0.6 is 0 Å². The van der Waals surface area contributed by atoms with Crippen molar-refractivity contribution in [2.24, 2.45) is 45.3 Å². The molecule has 4 unspecified atom stereocenters. The number of rotatable bonds is 4. The van der Waals surface area contributed by atoms with Gasteiger partial charge in [0.25, 0.3) is 0 Å². The Morgan fingerprint density at radius 3 is 2.19 bits per heavy atom. The second-order valence-corrected chi connectivity index (χ2v) is 13.1. The number of fused-ring (bicyclic) bond motifs is 5. The molecular formula is C30H48O. The maximum Gasteiger partial charge on any atom is 0.0578 e. The Kier molecular flexibility index (Phi) is 5.73. The molecule has 3 fully saturated rings. The van der Waals surface area contributed by atoms with E-state index in [0.29, 0.717) is 23.2 Å². The molecule has 31 heavy (non-hydrogen) atoms. The highest BCUT2D eigenvalue weighted by Crippen LogP contribution is 2.75. The van der Waals surface area contributed by atoms with E-state index in [1.807, 2.05) is 0 Å². The number of hydrogen-bond acceptors (Lipinski definition) is 1. The zero-order chi connectivity index (χ0) is 22.8. The van der Waals surface area contributed by atoms with Crippen LogP contribution in [-0.2, 0) is 0 Å². The Labute approximate surface area is 192 Å². The number of allylic oxidation sites excluding steroid dienone is 5. The van der Waals surface area contributed by atoms with Crippen molar-refractivity contribution < 1.29 is 5.11 Å². The SMILES string of the molecule is CC(C)[C@@H](C)/C=C/[C@@H](C)C1CC[C@@]2(C)C3=CC=C4CC(O)CCC4(C)[C@@]3(C)CCC12C. The summed E-state index contributed by atoms with van der Waals surface area (Å²) in [6.45, 7) is 19.9. The van der Waals surface area contributed by atoms with E-state index in [2.05, 4.69) is 79.7 Å². The van der Waals surface area contributed by atoms with Gasteiger partial charge in [-0.1, -0.05) is 90.8 Å². The molecule has 0 aliphatic heterocycles. The molecule has 4 aliphatic carbocycles. The molecule has 1 nitrogen and oxygen atoms in total. The Balaban J connectivity index is 1.68. The lowest BCUT2D eigenvalue weighted by Gasteiger charge is -2.64. The summed E-state index contributed by atoms with van der Waals surface area (Å²) >= 11 is 0. The fourth-order valence-electron chi connectivity index (χ4n) is 8.37. The molecule has 0 aromatic rings. The normalized spacial score (nSPS) is 46.8. The highest BCUT2D eigenvalue weighted by molar-refractivity contribution is 5.45. The van der Waals surface area contributed by atoms with Gasteiger partial charge in [-0.15, -0.1) is 0 Å². The van der Waals surface area contributed by atoms with Crippen molar-refractivity contribution in [3.05, 3.63) is 35.5 Å². The maximum absolute atomic E-state index is 10.3. The lowest BCUT2D eigenvalue weighted by atomic mass is 9.40. The van der Waals surface area contributed by atoms with Crippen LogP contribution in [0.4, 0.5) is 0 Å². The van der Waals surface area contributed by atoms with Crippen molar-refractivity contribution >= 4 is 0 Å². The number of aliphatic hydroxyl groups excluding tert-OH is 1. The average Bonchev–Trinajstić information content (AvgIpc) is 2.98. The van der Waals surface area contributed by atoms with E-state index in [4.69, 9.17) is 0 Å². The van der Waals surface area contributed by atoms with Crippen LogP contribution in [0.15, 0.2) is 35.5 Å². The summed E-state index contributed by atoms with van der Waals surface area (Å²) in [5.74, 6) is 2.79. The Hall–Kier alpha value is -0.820. The quantitative estimate of drug-likeness (QED) is 0.452. The largest absolute Gasteiger partial charge is 0.393 e. The lowest BCUT2D eigenvalue weighted by Crippen LogP contribution is -2.56. The Morgan fingerprint density at radius 1 is 0.839 bits per heavy atom. The van der Waals surface area contributed by atoms with Crippen LogP contribution in [0.1, 0.15) is 100 Å². The third-order valence-corrected chi connectivity index (χ3v) is 11.6. The summed E-state index contributed by atoms with van der Waals surface area (Å²) in [6, 6.07) is 0. The molecule has 1 N–H and O–H groups in total. The van der Waals surface area contributed by atoms with Crippen molar-refractivity contribution in [1.82, 2.24) is 0 Å². The molecule has 0 saturated heterocycles. The molecule has 0 spiro atoms. The van der Waals surface area contributed by atoms with Gasteiger partial charge in [0.1, 0.15) is 0 Å². The minimum atomic E-state index is -0.140. The molecule has 0 radical (unpaired) electrons. The molecule has 4 aliphatic rings. The molecule has 0 aromatic carbocycles. The number of hydrogen-bond donors (Lipinski definition) is 1. The van der Waals surface area contributed by atoms with E-state index in [0.717, 1.165) is 25.2 Å². The topological polar surface area (TPSA) is 20.2 Å². The summed E-state index contributed by atoms with van der Waals surface area (Å²) in [4.78, 5) is 0. The van der Waals surface area contributed by atoms with Gasteiger partial charge in [0.05, 0.1) is 6.10 Å². The molecular weight excluding hydrogens is 376 g/mol. The van der Waals surface area contributed by atoms with Crippen molar-refractivity contribution in [2.45, 2.75) is 106 Å².